The first-order chi connectivity index (χ1) is 13.6. The monoisotopic (exact) mass is 430 g/mol. The van der Waals surface area contributed by atoms with Crippen molar-refractivity contribution in [1.29, 1.82) is 0 Å². The van der Waals surface area contributed by atoms with E-state index in [1.165, 1.54) is 22.7 Å². The fourth-order valence-electron chi connectivity index (χ4n) is 2.53. The van der Waals surface area contributed by atoms with Crippen molar-refractivity contribution in [2.24, 2.45) is 7.05 Å². The number of rotatable bonds is 6. The minimum Gasteiger partial charge on any atom is -0.487 e. The fourth-order valence-corrected chi connectivity index (χ4v) is 4.21. The van der Waals surface area contributed by atoms with Gasteiger partial charge in [-0.2, -0.15) is 5.10 Å². The van der Waals surface area contributed by atoms with Gasteiger partial charge in [0, 0.05) is 24.2 Å². The van der Waals surface area contributed by atoms with E-state index in [9.17, 15) is 4.79 Å². The lowest BCUT2D eigenvalue weighted by molar-refractivity contribution is 0.103. The molecule has 1 amide bonds. The van der Waals surface area contributed by atoms with Crippen LogP contribution in [0.15, 0.2) is 53.4 Å². The van der Waals surface area contributed by atoms with Crippen LogP contribution in [0, 0.1) is 0 Å². The smallest absolute Gasteiger partial charge is 0.267 e. The van der Waals surface area contributed by atoms with Crippen molar-refractivity contribution in [3.63, 3.8) is 0 Å². The van der Waals surface area contributed by atoms with E-state index in [4.69, 9.17) is 16.3 Å². The number of para-hydroxylation sites is 1. The molecule has 0 spiro atoms. The molecule has 1 aromatic carbocycles. The maximum Gasteiger partial charge on any atom is 0.267 e. The molecule has 0 bridgehead atoms. The summed E-state index contributed by atoms with van der Waals surface area (Å²) >= 11 is 8.82. The lowest BCUT2D eigenvalue weighted by Gasteiger charge is -2.06. The van der Waals surface area contributed by atoms with Gasteiger partial charge in [0.25, 0.3) is 5.91 Å². The Balaban J connectivity index is 1.39. The number of carbonyl (C=O) groups excluding carboxylic acids is 1. The molecular weight excluding hydrogens is 416 g/mol. The lowest BCUT2D eigenvalue weighted by Crippen LogP contribution is -2.10. The summed E-state index contributed by atoms with van der Waals surface area (Å²) in [6.45, 7) is 0.343. The third kappa shape index (κ3) is 4.09. The first-order valence-electron chi connectivity index (χ1n) is 8.30. The standard InChI is InChI=1S/C19H15ClN4O2S2/c1-24-15(6-7-21-24)14-11-28-19(22-14)23-18(25)17-8-12(10-27-17)9-26-16-5-3-2-4-13(16)20/h2-8,10-11H,9H2,1H3,(H,22,23,25). The highest BCUT2D eigenvalue weighted by Gasteiger charge is 2.14. The molecule has 0 aliphatic carbocycles. The lowest BCUT2D eigenvalue weighted by atomic mass is 10.3. The van der Waals surface area contributed by atoms with Crippen LogP contribution in [0.5, 0.6) is 5.75 Å². The topological polar surface area (TPSA) is 69.0 Å². The molecule has 0 radical (unpaired) electrons. The van der Waals surface area contributed by atoms with Crippen molar-refractivity contribution in [1.82, 2.24) is 14.8 Å². The van der Waals surface area contributed by atoms with E-state index in [-0.39, 0.29) is 5.91 Å². The normalized spacial score (nSPS) is 10.8. The summed E-state index contributed by atoms with van der Waals surface area (Å²) in [6.07, 6.45) is 1.71. The van der Waals surface area contributed by atoms with Crippen LogP contribution in [0.25, 0.3) is 11.4 Å². The number of ether oxygens (including phenoxy) is 1. The van der Waals surface area contributed by atoms with Gasteiger partial charge in [-0.3, -0.25) is 14.8 Å². The zero-order valence-corrected chi connectivity index (χ0v) is 17.1. The second kappa shape index (κ2) is 8.14. The molecule has 0 atom stereocenters. The van der Waals surface area contributed by atoms with Crippen LogP contribution in [0.3, 0.4) is 0 Å². The summed E-state index contributed by atoms with van der Waals surface area (Å²) in [4.78, 5) is 17.6. The van der Waals surface area contributed by atoms with Crippen LogP contribution in [0.4, 0.5) is 5.13 Å². The Morgan fingerprint density at radius 2 is 2.11 bits per heavy atom. The van der Waals surface area contributed by atoms with Crippen LogP contribution in [-0.2, 0) is 13.7 Å². The minimum atomic E-state index is -0.195. The quantitative estimate of drug-likeness (QED) is 0.462. The Labute approximate surface area is 174 Å². The van der Waals surface area contributed by atoms with Crippen molar-refractivity contribution >= 4 is 45.3 Å². The number of aryl methyl sites for hydroxylation is 1. The zero-order valence-electron chi connectivity index (χ0n) is 14.8. The van der Waals surface area contributed by atoms with E-state index in [0.717, 1.165) is 17.0 Å². The molecule has 4 rings (SSSR count). The molecule has 3 heterocycles. The first kappa shape index (κ1) is 18.7. The van der Waals surface area contributed by atoms with E-state index in [0.29, 0.717) is 27.4 Å². The average Bonchev–Trinajstić information content (AvgIpc) is 3.42. The van der Waals surface area contributed by atoms with E-state index in [2.05, 4.69) is 15.4 Å². The van der Waals surface area contributed by atoms with Crippen molar-refractivity contribution in [3.8, 4) is 17.1 Å². The summed E-state index contributed by atoms with van der Waals surface area (Å²) in [6, 6.07) is 11.0. The Morgan fingerprint density at radius 3 is 2.89 bits per heavy atom. The van der Waals surface area contributed by atoms with Gasteiger partial charge in [0.2, 0.25) is 0 Å². The predicted molar refractivity (Wildman–Crippen MR) is 112 cm³/mol. The summed E-state index contributed by atoms with van der Waals surface area (Å²) in [5.74, 6) is 0.423. The molecule has 1 N–H and O–H groups in total. The van der Waals surface area contributed by atoms with Crippen molar-refractivity contribution in [2.45, 2.75) is 6.61 Å². The van der Waals surface area contributed by atoms with Crippen molar-refractivity contribution in [3.05, 3.63) is 68.8 Å². The Kier molecular flexibility index (Phi) is 5.43. The van der Waals surface area contributed by atoms with Gasteiger partial charge in [0.1, 0.15) is 18.1 Å². The van der Waals surface area contributed by atoms with E-state index in [1.807, 2.05) is 48.1 Å². The number of hydrogen-bond donors (Lipinski definition) is 1. The first-order valence-corrected chi connectivity index (χ1v) is 10.4. The number of benzene rings is 1. The number of thiophene rings is 1. The number of nitrogens with zero attached hydrogens (tertiary/aromatic N) is 3. The number of nitrogens with one attached hydrogen (secondary N) is 1. The van der Waals surface area contributed by atoms with E-state index < -0.39 is 0 Å². The van der Waals surface area contributed by atoms with Crippen LogP contribution in [0.2, 0.25) is 5.02 Å². The van der Waals surface area contributed by atoms with Gasteiger partial charge in [0.05, 0.1) is 15.6 Å². The average molecular weight is 431 g/mol. The number of anilines is 1. The number of thiazole rings is 1. The second-order valence-electron chi connectivity index (χ2n) is 5.87. The van der Waals surface area contributed by atoms with Gasteiger partial charge < -0.3 is 4.74 Å². The maximum atomic E-state index is 12.5. The number of carbonyl (C=O) groups is 1. The molecule has 0 saturated heterocycles. The molecule has 3 aromatic heterocycles. The summed E-state index contributed by atoms with van der Waals surface area (Å²) < 4.78 is 7.46. The van der Waals surface area contributed by atoms with Crippen molar-refractivity contribution in [2.75, 3.05) is 5.32 Å². The molecule has 4 aromatic rings. The molecule has 0 aliphatic heterocycles. The van der Waals surface area contributed by atoms with Gasteiger partial charge in [-0.15, -0.1) is 22.7 Å². The highest BCUT2D eigenvalue weighted by atomic mass is 35.5. The zero-order chi connectivity index (χ0) is 19.5. The van der Waals surface area contributed by atoms with Gasteiger partial charge in [0.15, 0.2) is 5.13 Å². The minimum absolute atomic E-state index is 0.195. The van der Waals surface area contributed by atoms with Gasteiger partial charge >= 0.3 is 0 Å². The second-order valence-corrected chi connectivity index (χ2v) is 8.05. The summed E-state index contributed by atoms with van der Waals surface area (Å²) in [5, 5.41) is 11.9. The van der Waals surface area contributed by atoms with E-state index in [1.54, 1.807) is 16.9 Å². The van der Waals surface area contributed by atoms with Gasteiger partial charge in [-0.1, -0.05) is 23.7 Å². The number of aromatic nitrogens is 3. The van der Waals surface area contributed by atoms with Crippen LogP contribution in [-0.4, -0.2) is 20.7 Å². The van der Waals surface area contributed by atoms with Gasteiger partial charge in [-0.05, 0) is 29.6 Å². The van der Waals surface area contributed by atoms with Crippen LogP contribution < -0.4 is 10.1 Å². The Bertz CT molecular complexity index is 1120. The third-order valence-corrected chi connectivity index (χ3v) is 5.96. The molecule has 9 heteroatoms. The highest BCUT2D eigenvalue weighted by Crippen LogP contribution is 2.27. The molecule has 142 valence electrons. The molecule has 0 saturated carbocycles. The molecule has 28 heavy (non-hydrogen) atoms. The van der Waals surface area contributed by atoms with Crippen molar-refractivity contribution < 1.29 is 9.53 Å². The van der Waals surface area contributed by atoms with Gasteiger partial charge in [-0.25, -0.2) is 4.98 Å². The molecule has 6 nitrogen and oxygen atoms in total. The Hall–Kier alpha value is -2.68. The number of amides is 1. The fraction of sp³-hybridized carbons (Fsp3) is 0.105. The maximum absolute atomic E-state index is 12.5. The predicted octanol–water partition coefficient (Wildman–Crippen LogP) is 5.09. The summed E-state index contributed by atoms with van der Waals surface area (Å²) in [7, 11) is 1.85. The summed E-state index contributed by atoms with van der Waals surface area (Å²) in [5.41, 5.74) is 2.58. The Morgan fingerprint density at radius 1 is 1.25 bits per heavy atom. The molecule has 0 unspecified atom stereocenters. The van der Waals surface area contributed by atoms with E-state index >= 15 is 0 Å². The number of halogens is 1. The largest absolute Gasteiger partial charge is 0.487 e. The molecule has 0 aliphatic rings. The number of hydrogen-bond acceptors (Lipinski definition) is 6. The molecule has 0 fully saturated rings. The SMILES string of the molecule is Cn1nccc1-c1csc(NC(=O)c2cc(COc3ccccc3Cl)cs2)n1. The highest BCUT2D eigenvalue weighted by molar-refractivity contribution is 7.14. The third-order valence-electron chi connectivity index (χ3n) is 3.92. The molecular formula is C19H15ClN4O2S2. The van der Waals surface area contributed by atoms with Crippen LogP contribution >= 0.6 is 34.3 Å². The van der Waals surface area contributed by atoms with Crippen LogP contribution in [0.1, 0.15) is 15.2 Å².